The molecule has 0 N–H and O–H groups in total. The molecule has 0 atom stereocenters. The molecule has 0 aliphatic carbocycles. The summed E-state index contributed by atoms with van der Waals surface area (Å²) in [6, 6.07) is 0. The van der Waals surface area contributed by atoms with Crippen molar-refractivity contribution in [3.05, 3.63) is 29.1 Å². The van der Waals surface area contributed by atoms with Gasteiger partial charge >= 0.3 is 5.97 Å². The topological polar surface area (TPSA) is 26.3 Å². The van der Waals surface area contributed by atoms with Gasteiger partial charge in [-0.3, -0.25) is 4.79 Å². The molecule has 0 fully saturated rings. The Morgan fingerprint density at radius 2 is 1.39 bits per heavy atom. The Morgan fingerprint density at radius 1 is 0.944 bits per heavy atom. The molecule has 0 spiro atoms. The van der Waals surface area contributed by atoms with Gasteiger partial charge < -0.3 is 4.74 Å². The molecule has 1 aromatic rings. The minimum atomic E-state index is -2.31. The van der Waals surface area contributed by atoms with Crippen LogP contribution in [0.1, 0.15) is 12.8 Å². The van der Waals surface area contributed by atoms with Crippen molar-refractivity contribution < 1.29 is 31.5 Å². The van der Waals surface area contributed by atoms with Gasteiger partial charge in [0, 0.05) is 12.3 Å². The van der Waals surface area contributed by atoms with Crippen molar-refractivity contribution in [1.29, 1.82) is 0 Å². The average Bonchev–Trinajstić information content (AvgIpc) is 2.36. The van der Waals surface area contributed by atoms with Crippen LogP contribution >= 0.6 is 11.6 Å². The Kier molecular flexibility index (Phi) is 4.89. The lowest BCUT2D eigenvalue weighted by Crippen LogP contribution is -2.13. The van der Waals surface area contributed by atoms with Crippen molar-refractivity contribution in [2.75, 3.05) is 5.88 Å². The highest BCUT2D eigenvalue weighted by molar-refractivity contribution is 6.17. The summed E-state index contributed by atoms with van der Waals surface area (Å²) >= 11 is 5.26. The maximum Gasteiger partial charge on any atom is 0.311 e. The van der Waals surface area contributed by atoms with Crippen molar-refractivity contribution in [2.45, 2.75) is 12.8 Å². The van der Waals surface area contributed by atoms with E-state index in [1.807, 2.05) is 0 Å². The first-order valence-electron chi connectivity index (χ1n) is 4.68. The number of esters is 1. The molecule has 0 amide bonds. The van der Waals surface area contributed by atoms with Gasteiger partial charge in [0.15, 0.2) is 0 Å². The van der Waals surface area contributed by atoms with Crippen molar-refractivity contribution in [3.63, 3.8) is 0 Å². The number of hydrogen-bond donors (Lipinski definition) is 0. The van der Waals surface area contributed by atoms with Gasteiger partial charge in [-0.1, -0.05) is 0 Å². The zero-order chi connectivity index (χ0) is 13.9. The van der Waals surface area contributed by atoms with E-state index in [-0.39, 0.29) is 18.7 Å². The van der Waals surface area contributed by atoms with Gasteiger partial charge in [0.2, 0.25) is 34.8 Å². The molecule has 0 radical (unpaired) electrons. The first-order chi connectivity index (χ1) is 8.40. The molecule has 0 aromatic heterocycles. The van der Waals surface area contributed by atoms with Crippen LogP contribution in [-0.2, 0) is 4.79 Å². The lowest BCUT2D eigenvalue weighted by molar-refractivity contribution is -0.134. The number of halogens is 6. The van der Waals surface area contributed by atoms with Crippen molar-refractivity contribution >= 4 is 17.6 Å². The molecule has 0 aliphatic heterocycles. The van der Waals surface area contributed by atoms with Gasteiger partial charge in [0.25, 0.3) is 0 Å². The molecule has 0 saturated carbocycles. The standard InChI is InChI=1S/C10H6ClF5O2/c11-3-1-2-4(17)18-10-8(15)6(13)5(12)7(14)9(10)16/h1-3H2. The molecule has 0 heterocycles. The summed E-state index contributed by atoms with van der Waals surface area (Å²) < 4.78 is 68.3. The largest absolute Gasteiger partial charge is 0.420 e. The zero-order valence-electron chi connectivity index (χ0n) is 8.71. The summed E-state index contributed by atoms with van der Waals surface area (Å²) in [7, 11) is 0. The second-order valence-corrected chi connectivity index (χ2v) is 3.54. The molecule has 2 nitrogen and oxygen atoms in total. The lowest BCUT2D eigenvalue weighted by atomic mass is 10.2. The second-order valence-electron chi connectivity index (χ2n) is 3.17. The highest BCUT2D eigenvalue weighted by Gasteiger charge is 2.28. The van der Waals surface area contributed by atoms with E-state index in [1.165, 1.54) is 0 Å². The van der Waals surface area contributed by atoms with Crippen LogP contribution in [0.15, 0.2) is 0 Å². The lowest BCUT2D eigenvalue weighted by Gasteiger charge is -2.08. The van der Waals surface area contributed by atoms with Crippen LogP contribution in [0.5, 0.6) is 5.75 Å². The number of ether oxygens (including phenoxy) is 1. The van der Waals surface area contributed by atoms with Gasteiger partial charge in [-0.2, -0.15) is 8.78 Å². The second kappa shape index (κ2) is 5.99. The molecule has 100 valence electrons. The number of rotatable bonds is 4. The van der Waals surface area contributed by atoms with E-state index < -0.39 is 40.8 Å². The van der Waals surface area contributed by atoms with Gasteiger partial charge in [-0.25, -0.2) is 13.2 Å². The maximum absolute atomic E-state index is 13.1. The van der Waals surface area contributed by atoms with E-state index in [1.54, 1.807) is 0 Å². The third kappa shape index (κ3) is 2.90. The van der Waals surface area contributed by atoms with Crippen LogP contribution < -0.4 is 4.74 Å². The predicted molar refractivity (Wildman–Crippen MR) is 51.8 cm³/mol. The van der Waals surface area contributed by atoms with Crippen LogP contribution in [0.2, 0.25) is 0 Å². The fourth-order valence-corrected chi connectivity index (χ4v) is 1.18. The molecule has 1 rings (SSSR count). The van der Waals surface area contributed by atoms with Crippen molar-refractivity contribution in [3.8, 4) is 5.75 Å². The predicted octanol–water partition coefficient (Wildman–Crippen LogP) is 3.31. The van der Waals surface area contributed by atoms with Crippen LogP contribution in [0.4, 0.5) is 22.0 Å². The average molecular weight is 289 g/mol. The van der Waals surface area contributed by atoms with Crippen LogP contribution in [0, 0.1) is 29.1 Å². The molecule has 18 heavy (non-hydrogen) atoms. The summed E-state index contributed by atoms with van der Waals surface area (Å²) in [5.41, 5.74) is 0. The minimum Gasteiger partial charge on any atom is -0.420 e. The fraction of sp³-hybridized carbons (Fsp3) is 0.300. The SMILES string of the molecule is O=C(CCCCl)Oc1c(F)c(F)c(F)c(F)c1F. The quantitative estimate of drug-likeness (QED) is 0.212. The van der Waals surface area contributed by atoms with Gasteiger partial charge in [-0.15, -0.1) is 11.6 Å². The molecule has 1 aromatic carbocycles. The third-order valence-corrected chi connectivity index (χ3v) is 2.17. The molecule has 0 saturated heterocycles. The third-order valence-electron chi connectivity index (χ3n) is 1.90. The Balaban J connectivity index is 3.06. The summed E-state index contributed by atoms with van der Waals surface area (Å²) in [6.07, 6.45) is -0.154. The molecular weight excluding hydrogens is 283 g/mol. The number of carbonyl (C=O) groups excluding carboxylic acids is 1. The Hall–Kier alpha value is -1.37. The highest BCUT2D eigenvalue weighted by atomic mass is 35.5. The Morgan fingerprint density at radius 3 is 1.83 bits per heavy atom. The van der Waals surface area contributed by atoms with Crippen LogP contribution in [-0.4, -0.2) is 11.8 Å². The summed E-state index contributed by atoms with van der Waals surface area (Å²) in [5, 5.41) is 0. The molecule has 0 bridgehead atoms. The van der Waals surface area contributed by atoms with E-state index in [0.29, 0.717) is 0 Å². The minimum absolute atomic E-state index is 0.0895. The zero-order valence-corrected chi connectivity index (χ0v) is 9.46. The first-order valence-corrected chi connectivity index (χ1v) is 5.21. The summed E-state index contributed by atoms with van der Waals surface area (Å²) in [4.78, 5) is 11.0. The molecule has 0 aliphatic rings. The van der Waals surface area contributed by atoms with E-state index >= 15 is 0 Å². The van der Waals surface area contributed by atoms with Crippen molar-refractivity contribution in [1.82, 2.24) is 0 Å². The smallest absolute Gasteiger partial charge is 0.311 e. The van der Waals surface area contributed by atoms with E-state index in [9.17, 15) is 26.7 Å². The van der Waals surface area contributed by atoms with Gasteiger partial charge in [0.1, 0.15) is 0 Å². The Labute approximate surface area is 103 Å². The highest BCUT2D eigenvalue weighted by Crippen LogP contribution is 2.29. The van der Waals surface area contributed by atoms with Crippen LogP contribution in [0.25, 0.3) is 0 Å². The fourth-order valence-electron chi connectivity index (χ4n) is 1.05. The van der Waals surface area contributed by atoms with E-state index in [4.69, 9.17) is 11.6 Å². The summed E-state index contributed by atoms with van der Waals surface area (Å²) in [6.45, 7) is 0. The Bertz CT molecular complexity index is 449. The molecular formula is C10H6ClF5O2. The van der Waals surface area contributed by atoms with E-state index in [2.05, 4.69) is 4.74 Å². The number of hydrogen-bond acceptors (Lipinski definition) is 2. The monoisotopic (exact) mass is 288 g/mol. The van der Waals surface area contributed by atoms with Crippen molar-refractivity contribution in [2.24, 2.45) is 0 Å². The van der Waals surface area contributed by atoms with Crippen LogP contribution in [0.3, 0.4) is 0 Å². The number of alkyl halides is 1. The van der Waals surface area contributed by atoms with E-state index in [0.717, 1.165) is 0 Å². The molecule has 8 heteroatoms. The maximum atomic E-state index is 13.1. The van der Waals surface area contributed by atoms with Gasteiger partial charge in [-0.05, 0) is 6.42 Å². The number of carbonyl (C=O) groups is 1. The number of benzene rings is 1. The first kappa shape index (κ1) is 14.7. The molecule has 0 unspecified atom stereocenters. The van der Waals surface area contributed by atoms with Gasteiger partial charge in [0.05, 0.1) is 0 Å². The summed E-state index contributed by atoms with van der Waals surface area (Å²) in [5.74, 6) is -13.7. The normalized spacial score (nSPS) is 10.6.